The third-order valence-corrected chi connectivity index (χ3v) is 4.75. The molecule has 2 rings (SSSR count). The smallest absolute Gasteiger partial charge is 0.0411 e. The van der Waals surface area contributed by atoms with Crippen LogP contribution >= 0.6 is 0 Å². The quantitative estimate of drug-likeness (QED) is 0.861. The zero-order valence-electron chi connectivity index (χ0n) is 14.2. The van der Waals surface area contributed by atoms with Gasteiger partial charge in [0, 0.05) is 31.4 Å². The molecular formula is C19H32N2. The molecule has 2 nitrogen and oxygen atoms in total. The van der Waals surface area contributed by atoms with E-state index in [-0.39, 0.29) is 0 Å². The number of rotatable bonds is 5. The third kappa shape index (κ3) is 4.74. The molecule has 1 saturated heterocycles. The van der Waals surface area contributed by atoms with E-state index in [1.54, 1.807) is 0 Å². The van der Waals surface area contributed by atoms with E-state index >= 15 is 0 Å². The Kier molecular flexibility index (Phi) is 6.10. The van der Waals surface area contributed by atoms with Gasteiger partial charge in [-0.25, -0.2) is 0 Å². The summed E-state index contributed by atoms with van der Waals surface area (Å²) in [6.45, 7) is 12.6. The summed E-state index contributed by atoms with van der Waals surface area (Å²) in [5, 5.41) is 3.56. The van der Waals surface area contributed by atoms with Crippen LogP contribution in [0.4, 0.5) is 5.69 Å². The molecule has 1 N–H and O–H groups in total. The molecule has 0 saturated carbocycles. The van der Waals surface area contributed by atoms with E-state index in [4.69, 9.17) is 0 Å². The zero-order valence-corrected chi connectivity index (χ0v) is 14.2. The van der Waals surface area contributed by atoms with Crippen LogP contribution in [0.1, 0.15) is 52.5 Å². The molecule has 1 aliphatic heterocycles. The summed E-state index contributed by atoms with van der Waals surface area (Å²) in [6.07, 6.45) is 4.05. The average molecular weight is 288 g/mol. The molecule has 0 aromatic heterocycles. The number of nitrogens with zero attached hydrogens (tertiary/aromatic N) is 1. The Labute approximate surface area is 130 Å². The topological polar surface area (TPSA) is 15.3 Å². The predicted octanol–water partition coefficient (Wildman–Crippen LogP) is 4.45. The first-order valence-electron chi connectivity index (χ1n) is 8.64. The monoisotopic (exact) mass is 288 g/mol. The summed E-state index contributed by atoms with van der Waals surface area (Å²) in [7, 11) is 0. The molecule has 1 heterocycles. The minimum atomic E-state index is 0.535. The number of benzene rings is 1. The molecule has 0 aliphatic carbocycles. The molecule has 0 amide bonds. The minimum Gasteiger partial charge on any atom is -0.371 e. The van der Waals surface area contributed by atoms with Crippen molar-refractivity contribution in [1.82, 2.24) is 5.32 Å². The molecule has 118 valence electrons. The van der Waals surface area contributed by atoms with Crippen molar-refractivity contribution >= 4 is 5.69 Å². The van der Waals surface area contributed by atoms with Crippen molar-refractivity contribution in [1.29, 1.82) is 0 Å². The van der Waals surface area contributed by atoms with E-state index in [9.17, 15) is 0 Å². The van der Waals surface area contributed by atoms with E-state index < -0.39 is 0 Å². The van der Waals surface area contributed by atoms with Crippen LogP contribution < -0.4 is 10.2 Å². The fourth-order valence-corrected chi connectivity index (χ4v) is 3.31. The number of para-hydroxylation sites is 1. The van der Waals surface area contributed by atoms with Gasteiger partial charge in [0.05, 0.1) is 0 Å². The lowest BCUT2D eigenvalue weighted by molar-refractivity contribution is 0.351. The van der Waals surface area contributed by atoms with E-state index in [2.05, 4.69) is 62.2 Å². The van der Waals surface area contributed by atoms with Crippen LogP contribution in [-0.2, 0) is 6.54 Å². The average Bonchev–Trinajstić information content (AvgIpc) is 2.71. The molecule has 1 atom stereocenters. The number of hydrogen-bond acceptors (Lipinski definition) is 2. The molecule has 0 spiro atoms. The summed E-state index contributed by atoms with van der Waals surface area (Å²) in [4.78, 5) is 2.61. The van der Waals surface area contributed by atoms with Gasteiger partial charge >= 0.3 is 0 Å². The second-order valence-electron chi connectivity index (χ2n) is 7.09. The van der Waals surface area contributed by atoms with E-state index in [0.29, 0.717) is 6.04 Å². The van der Waals surface area contributed by atoms with Crippen molar-refractivity contribution in [3.8, 4) is 0 Å². The Hall–Kier alpha value is -1.02. The van der Waals surface area contributed by atoms with Crippen LogP contribution in [-0.4, -0.2) is 19.1 Å². The Morgan fingerprint density at radius 3 is 2.57 bits per heavy atom. The fraction of sp³-hybridized carbons (Fsp3) is 0.684. The summed E-state index contributed by atoms with van der Waals surface area (Å²) >= 11 is 0. The van der Waals surface area contributed by atoms with Crippen molar-refractivity contribution in [2.24, 2.45) is 11.8 Å². The Morgan fingerprint density at radius 2 is 1.86 bits per heavy atom. The van der Waals surface area contributed by atoms with Crippen LogP contribution in [0.15, 0.2) is 24.3 Å². The number of anilines is 1. The Balaban J connectivity index is 2.07. The van der Waals surface area contributed by atoms with Gasteiger partial charge in [0.2, 0.25) is 0 Å². The minimum absolute atomic E-state index is 0.535. The third-order valence-electron chi connectivity index (χ3n) is 4.75. The maximum atomic E-state index is 3.56. The highest BCUT2D eigenvalue weighted by atomic mass is 15.1. The number of hydrogen-bond donors (Lipinski definition) is 1. The van der Waals surface area contributed by atoms with Crippen LogP contribution in [0.3, 0.4) is 0 Å². The zero-order chi connectivity index (χ0) is 15.2. The first-order valence-corrected chi connectivity index (χ1v) is 8.64. The standard InChI is InChI=1S/C19H32N2/c1-15(2)17-9-7-12-21(13-11-17)19-10-6-5-8-18(19)14-20-16(3)4/h5-6,8,10,15-17,20H,7,9,11-14H2,1-4H3. The lowest BCUT2D eigenvalue weighted by Gasteiger charge is -2.26. The van der Waals surface area contributed by atoms with Crippen LogP contribution in [0.25, 0.3) is 0 Å². The molecule has 1 aromatic carbocycles. The molecule has 21 heavy (non-hydrogen) atoms. The van der Waals surface area contributed by atoms with Gasteiger partial charge in [0.15, 0.2) is 0 Å². The first-order chi connectivity index (χ1) is 10.1. The summed E-state index contributed by atoms with van der Waals surface area (Å²) in [6, 6.07) is 9.45. The predicted molar refractivity (Wildman–Crippen MR) is 92.8 cm³/mol. The highest BCUT2D eigenvalue weighted by molar-refractivity contribution is 5.53. The molecular weight excluding hydrogens is 256 g/mol. The van der Waals surface area contributed by atoms with Crippen molar-refractivity contribution in [2.75, 3.05) is 18.0 Å². The second kappa shape index (κ2) is 7.84. The lowest BCUT2D eigenvalue weighted by Crippen LogP contribution is -2.28. The molecule has 0 radical (unpaired) electrons. The Bertz CT molecular complexity index is 425. The van der Waals surface area contributed by atoms with Crippen molar-refractivity contribution in [3.05, 3.63) is 29.8 Å². The normalized spacial score (nSPS) is 20.1. The molecule has 0 bridgehead atoms. The van der Waals surface area contributed by atoms with Gasteiger partial charge in [-0.05, 0) is 42.7 Å². The van der Waals surface area contributed by atoms with Gasteiger partial charge in [-0.2, -0.15) is 0 Å². The molecule has 1 fully saturated rings. The summed E-state index contributed by atoms with van der Waals surface area (Å²) < 4.78 is 0. The molecule has 1 aromatic rings. The van der Waals surface area contributed by atoms with Crippen molar-refractivity contribution in [2.45, 2.75) is 59.5 Å². The van der Waals surface area contributed by atoms with Crippen LogP contribution in [0.2, 0.25) is 0 Å². The molecule has 1 unspecified atom stereocenters. The maximum absolute atomic E-state index is 3.56. The van der Waals surface area contributed by atoms with Crippen LogP contribution in [0, 0.1) is 11.8 Å². The first kappa shape index (κ1) is 16.4. The van der Waals surface area contributed by atoms with E-state index in [0.717, 1.165) is 18.4 Å². The van der Waals surface area contributed by atoms with Gasteiger partial charge in [-0.15, -0.1) is 0 Å². The summed E-state index contributed by atoms with van der Waals surface area (Å²) in [5.74, 6) is 1.72. The van der Waals surface area contributed by atoms with E-state index in [1.807, 2.05) is 0 Å². The lowest BCUT2D eigenvalue weighted by atomic mass is 9.89. The largest absolute Gasteiger partial charge is 0.371 e. The number of nitrogens with one attached hydrogen (secondary N) is 1. The van der Waals surface area contributed by atoms with Crippen molar-refractivity contribution < 1.29 is 0 Å². The highest BCUT2D eigenvalue weighted by Gasteiger charge is 2.20. The van der Waals surface area contributed by atoms with Gasteiger partial charge in [-0.1, -0.05) is 45.9 Å². The second-order valence-corrected chi connectivity index (χ2v) is 7.09. The molecule has 1 aliphatic rings. The van der Waals surface area contributed by atoms with E-state index in [1.165, 1.54) is 43.6 Å². The Morgan fingerprint density at radius 1 is 1.10 bits per heavy atom. The van der Waals surface area contributed by atoms with Crippen molar-refractivity contribution in [3.63, 3.8) is 0 Å². The SMILES string of the molecule is CC(C)NCc1ccccc1N1CCCC(C(C)C)CC1. The maximum Gasteiger partial charge on any atom is 0.0411 e. The fourth-order valence-electron chi connectivity index (χ4n) is 3.31. The summed E-state index contributed by atoms with van der Waals surface area (Å²) in [5.41, 5.74) is 2.88. The van der Waals surface area contributed by atoms with Crippen LogP contribution in [0.5, 0.6) is 0 Å². The van der Waals surface area contributed by atoms with Gasteiger partial charge in [-0.3, -0.25) is 0 Å². The van der Waals surface area contributed by atoms with Gasteiger partial charge in [0.25, 0.3) is 0 Å². The van der Waals surface area contributed by atoms with Gasteiger partial charge < -0.3 is 10.2 Å². The molecule has 2 heteroatoms. The highest BCUT2D eigenvalue weighted by Crippen LogP contribution is 2.29. The van der Waals surface area contributed by atoms with Gasteiger partial charge in [0.1, 0.15) is 0 Å².